The Morgan fingerprint density at radius 2 is 2.10 bits per heavy atom. The van der Waals surface area contributed by atoms with Gasteiger partial charge in [0.2, 0.25) is 15.0 Å². The number of benzene rings is 1. The first kappa shape index (κ1) is 15.8. The molecule has 114 valence electrons. The molecule has 0 radical (unpaired) electrons. The second kappa shape index (κ2) is 5.65. The molecule has 6 nitrogen and oxygen atoms in total. The van der Waals surface area contributed by atoms with E-state index in [1.54, 1.807) is 25.1 Å². The Balaban J connectivity index is 2.40. The van der Waals surface area contributed by atoms with E-state index in [1.807, 2.05) is 0 Å². The Labute approximate surface area is 127 Å². The van der Waals surface area contributed by atoms with Gasteiger partial charge in [-0.3, -0.25) is 4.79 Å². The van der Waals surface area contributed by atoms with Crippen molar-refractivity contribution in [3.8, 4) is 0 Å². The van der Waals surface area contributed by atoms with Crippen molar-refractivity contribution in [1.82, 2.24) is 0 Å². The lowest BCUT2D eigenvalue weighted by atomic mass is 10.1. The summed E-state index contributed by atoms with van der Waals surface area (Å²) in [5.74, 6) is -0.850. The number of rotatable bonds is 3. The fourth-order valence-corrected chi connectivity index (χ4v) is 3.37. The third-order valence-electron chi connectivity index (χ3n) is 3.49. The number of hydrogen-bond donors (Lipinski definition) is 0. The van der Waals surface area contributed by atoms with Crippen LogP contribution in [-0.4, -0.2) is 39.2 Å². The van der Waals surface area contributed by atoms with Gasteiger partial charge in [-0.2, -0.15) is 0 Å². The number of anilines is 1. The van der Waals surface area contributed by atoms with Gasteiger partial charge in [-0.25, -0.2) is 13.2 Å². The number of hydrogen-bond acceptors (Lipinski definition) is 5. The first-order chi connectivity index (χ1) is 9.75. The van der Waals surface area contributed by atoms with Crippen LogP contribution in [0.15, 0.2) is 18.2 Å². The highest BCUT2D eigenvalue weighted by Crippen LogP contribution is 2.30. The summed E-state index contributed by atoms with van der Waals surface area (Å²) < 4.78 is 27.4. The van der Waals surface area contributed by atoms with Crippen molar-refractivity contribution < 1.29 is 22.7 Å². The number of nitrogens with zero attached hydrogens (tertiary/aromatic N) is 1. The van der Waals surface area contributed by atoms with Crippen LogP contribution in [-0.2, 0) is 18.6 Å². The minimum absolute atomic E-state index is 0.0177. The minimum Gasteiger partial charge on any atom is -0.465 e. The van der Waals surface area contributed by atoms with Gasteiger partial charge in [0.15, 0.2) is 0 Å². The molecule has 21 heavy (non-hydrogen) atoms. The van der Waals surface area contributed by atoms with Crippen LogP contribution in [0.4, 0.5) is 5.69 Å². The standard InChI is InChI=1S/C13H14ClNO5S/c1-8-10(13(17)20-2)4-3-5-11(8)15-7-9(6-12(15)16)21(14,18)19/h3-5,9H,6-7H2,1-2H3. The Hall–Kier alpha value is -1.60. The molecule has 0 bridgehead atoms. The zero-order valence-corrected chi connectivity index (χ0v) is 13.1. The molecule has 1 aromatic rings. The molecule has 1 amide bonds. The van der Waals surface area contributed by atoms with E-state index >= 15 is 0 Å². The summed E-state index contributed by atoms with van der Waals surface area (Å²) in [5, 5.41) is -0.937. The molecule has 0 saturated carbocycles. The van der Waals surface area contributed by atoms with Crippen molar-refractivity contribution in [2.45, 2.75) is 18.6 Å². The molecule has 1 aliphatic rings. The minimum atomic E-state index is -3.80. The van der Waals surface area contributed by atoms with Gasteiger partial charge in [-0.1, -0.05) is 6.07 Å². The van der Waals surface area contributed by atoms with Crippen LogP contribution in [0, 0.1) is 6.92 Å². The summed E-state index contributed by atoms with van der Waals surface area (Å²) in [6.45, 7) is 1.66. The average molecular weight is 332 g/mol. The predicted octanol–water partition coefficient (Wildman–Crippen LogP) is 1.46. The lowest BCUT2D eigenvalue weighted by Gasteiger charge is -2.20. The summed E-state index contributed by atoms with van der Waals surface area (Å²) in [7, 11) is 2.79. The van der Waals surface area contributed by atoms with E-state index < -0.39 is 20.3 Å². The maximum Gasteiger partial charge on any atom is 0.338 e. The van der Waals surface area contributed by atoms with E-state index in [2.05, 4.69) is 4.74 Å². The molecule has 0 aliphatic carbocycles. The molecular weight excluding hydrogens is 318 g/mol. The van der Waals surface area contributed by atoms with E-state index in [9.17, 15) is 18.0 Å². The molecule has 1 unspecified atom stereocenters. The molecule has 1 atom stereocenters. The third kappa shape index (κ3) is 3.03. The van der Waals surface area contributed by atoms with Crippen LogP contribution in [0.5, 0.6) is 0 Å². The fourth-order valence-electron chi connectivity index (χ4n) is 2.34. The Morgan fingerprint density at radius 1 is 1.43 bits per heavy atom. The molecule has 8 heteroatoms. The van der Waals surface area contributed by atoms with Crippen molar-refractivity contribution in [1.29, 1.82) is 0 Å². The lowest BCUT2D eigenvalue weighted by Crippen LogP contribution is -2.27. The zero-order valence-electron chi connectivity index (χ0n) is 11.5. The molecule has 1 aliphatic heterocycles. The zero-order chi connectivity index (χ0) is 15.8. The van der Waals surface area contributed by atoms with Gasteiger partial charge in [0.1, 0.15) is 5.25 Å². The SMILES string of the molecule is COC(=O)c1cccc(N2CC(S(=O)(=O)Cl)CC2=O)c1C. The predicted molar refractivity (Wildman–Crippen MR) is 78.0 cm³/mol. The van der Waals surface area contributed by atoms with Crippen LogP contribution < -0.4 is 4.90 Å². The highest BCUT2D eigenvalue weighted by atomic mass is 35.7. The highest BCUT2D eigenvalue weighted by molar-refractivity contribution is 8.14. The van der Waals surface area contributed by atoms with Crippen LogP contribution in [0.3, 0.4) is 0 Å². The number of halogens is 1. The maximum absolute atomic E-state index is 12.0. The Kier molecular flexibility index (Phi) is 4.25. The van der Waals surface area contributed by atoms with Crippen molar-refractivity contribution in [3.63, 3.8) is 0 Å². The smallest absolute Gasteiger partial charge is 0.338 e. The summed E-state index contributed by atoms with van der Waals surface area (Å²) >= 11 is 0. The largest absolute Gasteiger partial charge is 0.465 e. The first-order valence-electron chi connectivity index (χ1n) is 6.17. The van der Waals surface area contributed by atoms with Crippen LogP contribution in [0.2, 0.25) is 0 Å². The number of amides is 1. The van der Waals surface area contributed by atoms with Gasteiger partial charge >= 0.3 is 5.97 Å². The van der Waals surface area contributed by atoms with E-state index in [-0.39, 0.29) is 18.9 Å². The van der Waals surface area contributed by atoms with Gasteiger partial charge in [0.25, 0.3) is 0 Å². The van der Waals surface area contributed by atoms with Crippen LogP contribution >= 0.6 is 10.7 Å². The Morgan fingerprint density at radius 3 is 2.62 bits per heavy atom. The lowest BCUT2D eigenvalue weighted by molar-refractivity contribution is -0.117. The van der Waals surface area contributed by atoms with Gasteiger partial charge in [0.05, 0.1) is 12.7 Å². The van der Waals surface area contributed by atoms with Gasteiger partial charge in [0, 0.05) is 29.3 Å². The molecule has 0 N–H and O–H groups in total. The maximum atomic E-state index is 12.0. The van der Waals surface area contributed by atoms with Crippen LogP contribution in [0.25, 0.3) is 0 Å². The number of ether oxygens (including phenoxy) is 1. The average Bonchev–Trinajstić information content (AvgIpc) is 2.80. The van der Waals surface area contributed by atoms with E-state index in [0.29, 0.717) is 16.8 Å². The molecule has 1 heterocycles. The number of carbonyl (C=O) groups is 2. The molecular formula is C13H14ClNO5S. The second-order valence-corrected chi connectivity index (χ2v) is 7.66. The summed E-state index contributed by atoms with van der Waals surface area (Å²) in [6.07, 6.45) is -0.159. The third-order valence-corrected chi connectivity index (χ3v) is 5.36. The van der Waals surface area contributed by atoms with Gasteiger partial charge in [-0.05, 0) is 24.6 Å². The molecule has 0 aromatic heterocycles. The molecule has 1 aromatic carbocycles. The quantitative estimate of drug-likeness (QED) is 0.618. The van der Waals surface area contributed by atoms with Crippen molar-refractivity contribution in [2.24, 2.45) is 0 Å². The highest BCUT2D eigenvalue weighted by Gasteiger charge is 2.38. The van der Waals surface area contributed by atoms with Gasteiger partial charge < -0.3 is 9.64 Å². The van der Waals surface area contributed by atoms with E-state index in [0.717, 1.165) is 0 Å². The number of carbonyl (C=O) groups excluding carboxylic acids is 2. The second-order valence-electron chi connectivity index (χ2n) is 4.75. The fraction of sp³-hybridized carbons (Fsp3) is 0.385. The molecule has 1 saturated heterocycles. The molecule has 1 fully saturated rings. The van der Waals surface area contributed by atoms with E-state index in [1.165, 1.54) is 12.0 Å². The molecule has 2 rings (SSSR count). The van der Waals surface area contributed by atoms with E-state index in [4.69, 9.17) is 10.7 Å². The summed E-state index contributed by atoms with van der Waals surface area (Å²) in [4.78, 5) is 25.0. The summed E-state index contributed by atoms with van der Waals surface area (Å²) in [5.41, 5.74) is 1.39. The van der Waals surface area contributed by atoms with Crippen molar-refractivity contribution in [3.05, 3.63) is 29.3 Å². The normalized spacial score (nSPS) is 18.9. The van der Waals surface area contributed by atoms with Gasteiger partial charge in [-0.15, -0.1) is 0 Å². The number of esters is 1. The Bertz CT molecular complexity index is 701. The van der Waals surface area contributed by atoms with Crippen LogP contribution in [0.1, 0.15) is 22.3 Å². The first-order valence-corrected chi connectivity index (χ1v) is 8.54. The topological polar surface area (TPSA) is 80.8 Å². The van der Waals surface area contributed by atoms with Crippen molar-refractivity contribution >= 4 is 37.3 Å². The summed E-state index contributed by atoms with van der Waals surface area (Å²) in [6, 6.07) is 4.86. The molecule has 0 spiro atoms. The number of methoxy groups -OCH3 is 1. The monoisotopic (exact) mass is 331 g/mol. The van der Waals surface area contributed by atoms with Crippen molar-refractivity contribution in [2.75, 3.05) is 18.6 Å².